The van der Waals surface area contributed by atoms with Crippen LogP contribution in [0.2, 0.25) is 0 Å². The van der Waals surface area contributed by atoms with E-state index in [0.717, 1.165) is 13.2 Å². The van der Waals surface area contributed by atoms with Crippen molar-refractivity contribution >= 4 is 0 Å². The largest absolute Gasteiger partial charge is 0.302 e. The van der Waals surface area contributed by atoms with Crippen molar-refractivity contribution in [1.82, 2.24) is 5.48 Å². The standard InChI is InChI=1S/C10H23NO/c1-3-5-7-8-10-12-11-9-6-4-2/h11H,3-10H2,1-2H3. The molecule has 0 spiro atoms. The van der Waals surface area contributed by atoms with E-state index in [9.17, 15) is 0 Å². The number of hydrogen-bond donors (Lipinski definition) is 1. The van der Waals surface area contributed by atoms with E-state index in [1.165, 1.54) is 38.5 Å². The van der Waals surface area contributed by atoms with Crippen molar-refractivity contribution in [2.24, 2.45) is 0 Å². The molecular weight excluding hydrogens is 150 g/mol. The van der Waals surface area contributed by atoms with Gasteiger partial charge in [0.1, 0.15) is 0 Å². The lowest BCUT2D eigenvalue weighted by atomic mass is 10.2. The highest BCUT2D eigenvalue weighted by atomic mass is 16.6. The van der Waals surface area contributed by atoms with E-state index in [1.54, 1.807) is 0 Å². The first kappa shape index (κ1) is 11.9. The lowest BCUT2D eigenvalue weighted by molar-refractivity contribution is 0.0380. The average Bonchev–Trinajstić information content (AvgIpc) is 2.10. The molecule has 1 N–H and O–H groups in total. The number of hydroxylamine groups is 1. The van der Waals surface area contributed by atoms with Gasteiger partial charge in [0.2, 0.25) is 0 Å². The SMILES string of the molecule is CCCCCCONCCCC. The number of nitrogens with one attached hydrogen (secondary N) is 1. The predicted molar refractivity (Wildman–Crippen MR) is 53.0 cm³/mol. The summed E-state index contributed by atoms with van der Waals surface area (Å²) in [6.45, 7) is 6.26. The fourth-order valence-corrected chi connectivity index (χ4v) is 0.994. The van der Waals surface area contributed by atoms with E-state index in [-0.39, 0.29) is 0 Å². The average molecular weight is 173 g/mol. The molecule has 2 nitrogen and oxygen atoms in total. The summed E-state index contributed by atoms with van der Waals surface area (Å²) in [5, 5.41) is 0. The van der Waals surface area contributed by atoms with Gasteiger partial charge in [0.15, 0.2) is 0 Å². The topological polar surface area (TPSA) is 21.3 Å². The number of rotatable bonds is 9. The van der Waals surface area contributed by atoms with Gasteiger partial charge in [-0.1, -0.05) is 39.5 Å². The highest BCUT2D eigenvalue weighted by Gasteiger charge is 1.88. The summed E-state index contributed by atoms with van der Waals surface area (Å²) in [6.07, 6.45) is 7.54. The molecule has 0 aliphatic heterocycles. The molecule has 0 aliphatic carbocycles. The second-order valence-electron chi connectivity index (χ2n) is 3.16. The van der Waals surface area contributed by atoms with E-state index in [0.29, 0.717) is 0 Å². The second kappa shape index (κ2) is 10.9. The fourth-order valence-electron chi connectivity index (χ4n) is 0.994. The van der Waals surface area contributed by atoms with E-state index in [1.807, 2.05) is 0 Å². The quantitative estimate of drug-likeness (QED) is 0.427. The Bertz CT molecular complexity index is 66.2. The highest BCUT2D eigenvalue weighted by Crippen LogP contribution is 1.97. The van der Waals surface area contributed by atoms with Gasteiger partial charge in [0.05, 0.1) is 6.61 Å². The zero-order chi connectivity index (χ0) is 9.07. The van der Waals surface area contributed by atoms with Gasteiger partial charge in [0.25, 0.3) is 0 Å². The molecule has 12 heavy (non-hydrogen) atoms. The van der Waals surface area contributed by atoms with Crippen molar-refractivity contribution < 1.29 is 4.84 Å². The van der Waals surface area contributed by atoms with Gasteiger partial charge in [-0.2, -0.15) is 0 Å². The van der Waals surface area contributed by atoms with E-state index < -0.39 is 0 Å². The third-order valence-electron chi connectivity index (χ3n) is 1.83. The molecule has 0 unspecified atom stereocenters. The minimum Gasteiger partial charge on any atom is -0.302 e. The summed E-state index contributed by atoms with van der Waals surface area (Å²) >= 11 is 0. The van der Waals surface area contributed by atoms with Crippen LogP contribution in [0.3, 0.4) is 0 Å². The normalized spacial score (nSPS) is 10.5. The Balaban J connectivity index is 2.73. The van der Waals surface area contributed by atoms with Crippen LogP contribution in [0.5, 0.6) is 0 Å². The molecule has 0 heterocycles. The van der Waals surface area contributed by atoms with E-state index >= 15 is 0 Å². The van der Waals surface area contributed by atoms with Crippen LogP contribution in [0, 0.1) is 0 Å². The summed E-state index contributed by atoms with van der Waals surface area (Å²) in [7, 11) is 0. The van der Waals surface area contributed by atoms with Crippen LogP contribution in [0.1, 0.15) is 52.4 Å². The second-order valence-corrected chi connectivity index (χ2v) is 3.16. The first-order valence-corrected chi connectivity index (χ1v) is 5.26. The Hall–Kier alpha value is -0.0800. The summed E-state index contributed by atoms with van der Waals surface area (Å²) in [4.78, 5) is 5.23. The van der Waals surface area contributed by atoms with Crippen LogP contribution in [0.15, 0.2) is 0 Å². The van der Waals surface area contributed by atoms with Crippen LogP contribution in [0.4, 0.5) is 0 Å². The van der Waals surface area contributed by atoms with Gasteiger partial charge >= 0.3 is 0 Å². The smallest absolute Gasteiger partial charge is 0.0682 e. The molecule has 0 rings (SSSR count). The maximum atomic E-state index is 5.23. The molecule has 0 aliphatic rings. The van der Waals surface area contributed by atoms with Crippen molar-refractivity contribution in [1.29, 1.82) is 0 Å². The molecule has 0 atom stereocenters. The van der Waals surface area contributed by atoms with Crippen molar-refractivity contribution in [2.45, 2.75) is 52.4 Å². The Labute approximate surface area is 76.6 Å². The summed E-state index contributed by atoms with van der Waals surface area (Å²) in [6, 6.07) is 0. The molecule has 0 bridgehead atoms. The zero-order valence-corrected chi connectivity index (χ0v) is 8.57. The lowest BCUT2D eigenvalue weighted by Gasteiger charge is -2.03. The van der Waals surface area contributed by atoms with Crippen LogP contribution >= 0.6 is 0 Å². The molecule has 0 amide bonds. The van der Waals surface area contributed by atoms with Gasteiger partial charge in [-0.15, -0.1) is 0 Å². The van der Waals surface area contributed by atoms with Crippen molar-refractivity contribution in [3.63, 3.8) is 0 Å². The lowest BCUT2D eigenvalue weighted by Crippen LogP contribution is -2.16. The third kappa shape index (κ3) is 9.92. The van der Waals surface area contributed by atoms with Crippen molar-refractivity contribution in [3.8, 4) is 0 Å². The zero-order valence-electron chi connectivity index (χ0n) is 8.57. The molecular formula is C10H23NO. The van der Waals surface area contributed by atoms with Gasteiger partial charge in [-0.25, -0.2) is 5.48 Å². The van der Waals surface area contributed by atoms with Gasteiger partial charge in [0, 0.05) is 6.54 Å². The minimum absolute atomic E-state index is 0.865. The first-order valence-electron chi connectivity index (χ1n) is 5.26. The molecule has 0 aromatic heterocycles. The molecule has 0 aromatic rings. The molecule has 74 valence electrons. The summed E-state index contributed by atoms with van der Waals surface area (Å²) in [5.41, 5.74) is 2.96. The van der Waals surface area contributed by atoms with Crippen LogP contribution in [-0.4, -0.2) is 13.2 Å². The Morgan fingerprint density at radius 1 is 0.917 bits per heavy atom. The molecule has 0 aromatic carbocycles. The van der Waals surface area contributed by atoms with E-state index in [4.69, 9.17) is 4.84 Å². The van der Waals surface area contributed by atoms with Crippen LogP contribution in [0.25, 0.3) is 0 Å². The Morgan fingerprint density at radius 2 is 1.67 bits per heavy atom. The van der Waals surface area contributed by atoms with E-state index in [2.05, 4.69) is 19.3 Å². The number of unbranched alkanes of at least 4 members (excludes halogenated alkanes) is 4. The van der Waals surface area contributed by atoms with Crippen LogP contribution < -0.4 is 5.48 Å². The summed E-state index contributed by atoms with van der Waals surface area (Å²) in [5.74, 6) is 0. The minimum atomic E-state index is 0.865. The third-order valence-corrected chi connectivity index (χ3v) is 1.83. The maximum Gasteiger partial charge on any atom is 0.0682 e. The van der Waals surface area contributed by atoms with Crippen LogP contribution in [-0.2, 0) is 4.84 Å². The molecule has 0 saturated carbocycles. The Morgan fingerprint density at radius 3 is 2.33 bits per heavy atom. The first-order chi connectivity index (χ1) is 5.91. The molecule has 0 radical (unpaired) electrons. The summed E-state index contributed by atoms with van der Waals surface area (Å²) < 4.78 is 0. The fraction of sp³-hybridized carbons (Fsp3) is 1.00. The number of hydrogen-bond acceptors (Lipinski definition) is 2. The van der Waals surface area contributed by atoms with Crippen molar-refractivity contribution in [3.05, 3.63) is 0 Å². The van der Waals surface area contributed by atoms with Crippen molar-refractivity contribution in [2.75, 3.05) is 13.2 Å². The molecule has 0 saturated heterocycles. The molecule has 2 heteroatoms. The maximum absolute atomic E-state index is 5.23. The molecule has 0 fully saturated rings. The van der Waals surface area contributed by atoms with Gasteiger partial charge in [-0.3, -0.25) is 0 Å². The van der Waals surface area contributed by atoms with Gasteiger partial charge in [-0.05, 0) is 12.8 Å². The monoisotopic (exact) mass is 173 g/mol. The highest BCUT2D eigenvalue weighted by molar-refractivity contribution is 4.39. The Kier molecular flexibility index (Phi) is 10.8. The predicted octanol–water partition coefficient (Wildman–Crippen LogP) is 2.89. The van der Waals surface area contributed by atoms with Gasteiger partial charge < -0.3 is 4.84 Å².